The Morgan fingerprint density at radius 2 is 2.21 bits per heavy atom. The van der Waals surface area contributed by atoms with Crippen LogP contribution in [0.1, 0.15) is 17.1 Å². The molecule has 0 aliphatic heterocycles. The minimum absolute atomic E-state index is 0.718. The van der Waals surface area contributed by atoms with Crippen molar-refractivity contribution in [2.75, 3.05) is 20.3 Å². The van der Waals surface area contributed by atoms with Gasteiger partial charge in [0.15, 0.2) is 0 Å². The molecule has 0 aromatic carbocycles. The molecule has 0 spiro atoms. The highest BCUT2D eigenvalue weighted by atomic mass is 16.5. The first-order valence-electron chi connectivity index (χ1n) is 6.39. The molecule has 2 aromatic rings. The van der Waals surface area contributed by atoms with Crippen molar-refractivity contribution in [3.63, 3.8) is 0 Å². The van der Waals surface area contributed by atoms with E-state index >= 15 is 0 Å². The molecule has 0 aliphatic rings. The lowest BCUT2D eigenvalue weighted by molar-refractivity contribution is 0.199. The summed E-state index contributed by atoms with van der Waals surface area (Å²) in [5, 5.41) is 7.53. The van der Waals surface area contributed by atoms with E-state index in [4.69, 9.17) is 4.74 Å². The maximum atomic E-state index is 5.02. The fourth-order valence-corrected chi connectivity index (χ4v) is 2.00. The molecule has 1 N–H and O–H groups in total. The molecule has 6 nitrogen and oxygen atoms in total. The molecule has 0 atom stereocenters. The number of hydrogen-bond acceptors (Lipinski definition) is 4. The Morgan fingerprint density at radius 1 is 1.37 bits per heavy atom. The van der Waals surface area contributed by atoms with Gasteiger partial charge in [0.1, 0.15) is 5.82 Å². The number of aromatic nitrogens is 4. The molecule has 19 heavy (non-hydrogen) atoms. The van der Waals surface area contributed by atoms with Crippen molar-refractivity contribution < 1.29 is 4.74 Å². The van der Waals surface area contributed by atoms with Gasteiger partial charge in [0.25, 0.3) is 0 Å². The zero-order valence-electron chi connectivity index (χ0n) is 11.8. The lowest BCUT2D eigenvalue weighted by Crippen LogP contribution is -2.21. The van der Waals surface area contributed by atoms with Gasteiger partial charge in [-0.3, -0.25) is 4.68 Å². The molecular weight excluding hydrogens is 242 g/mol. The Bertz CT molecular complexity index is 517. The molecule has 0 fully saturated rings. The van der Waals surface area contributed by atoms with Gasteiger partial charge in [0.2, 0.25) is 0 Å². The summed E-state index contributed by atoms with van der Waals surface area (Å²) >= 11 is 0. The number of nitrogens with zero attached hydrogens (tertiary/aromatic N) is 4. The molecule has 2 heterocycles. The highest BCUT2D eigenvalue weighted by Gasteiger charge is 2.07. The first kappa shape index (κ1) is 13.8. The number of ether oxygens (including phenoxy) is 1. The molecule has 2 aromatic heterocycles. The number of aryl methyl sites for hydroxylation is 2. The van der Waals surface area contributed by atoms with Crippen LogP contribution in [0.25, 0.3) is 0 Å². The Balaban J connectivity index is 2.00. The topological polar surface area (TPSA) is 56.9 Å². The maximum Gasteiger partial charge on any atom is 0.106 e. The van der Waals surface area contributed by atoms with Gasteiger partial charge < -0.3 is 14.6 Å². The predicted octanol–water partition coefficient (Wildman–Crippen LogP) is 0.709. The Hall–Kier alpha value is -1.66. The number of methoxy groups -OCH3 is 1. The summed E-state index contributed by atoms with van der Waals surface area (Å²) in [5.74, 6) is 1.02. The van der Waals surface area contributed by atoms with Crippen molar-refractivity contribution in [3.05, 3.63) is 35.7 Å². The van der Waals surface area contributed by atoms with E-state index in [2.05, 4.69) is 20.0 Å². The zero-order chi connectivity index (χ0) is 13.7. The molecule has 0 unspecified atom stereocenters. The van der Waals surface area contributed by atoms with Crippen molar-refractivity contribution in [3.8, 4) is 0 Å². The molecule has 6 heteroatoms. The van der Waals surface area contributed by atoms with Gasteiger partial charge in [-0.2, -0.15) is 5.10 Å². The standard InChI is InChI=1S/C13H21N5O/c1-11-15-8-13(7-14-4-5-19-3)18(11)10-12-6-16-17(2)9-12/h6,8-9,14H,4-5,7,10H2,1-3H3. The molecular formula is C13H21N5O. The second kappa shape index (κ2) is 6.49. The summed E-state index contributed by atoms with van der Waals surface area (Å²) in [7, 11) is 3.63. The molecule has 0 amide bonds. The first-order valence-corrected chi connectivity index (χ1v) is 6.39. The van der Waals surface area contributed by atoms with E-state index in [0.717, 1.165) is 32.1 Å². The summed E-state index contributed by atoms with van der Waals surface area (Å²) in [5.41, 5.74) is 2.36. The van der Waals surface area contributed by atoms with E-state index in [1.54, 1.807) is 7.11 Å². The Kier molecular flexibility index (Phi) is 4.70. The molecule has 0 bridgehead atoms. The van der Waals surface area contributed by atoms with Crippen molar-refractivity contribution >= 4 is 0 Å². The smallest absolute Gasteiger partial charge is 0.106 e. The molecule has 0 aliphatic carbocycles. The van der Waals surface area contributed by atoms with Crippen LogP contribution in [-0.4, -0.2) is 39.6 Å². The molecule has 0 radical (unpaired) electrons. The summed E-state index contributed by atoms with van der Waals surface area (Å²) in [6.07, 6.45) is 5.84. The second-order valence-corrected chi connectivity index (χ2v) is 4.57. The van der Waals surface area contributed by atoms with Crippen LogP contribution in [0, 0.1) is 6.92 Å². The molecule has 0 saturated carbocycles. The van der Waals surface area contributed by atoms with E-state index < -0.39 is 0 Å². The highest BCUT2D eigenvalue weighted by Crippen LogP contribution is 2.09. The van der Waals surface area contributed by atoms with Gasteiger partial charge in [-0.25, -0.2) is 4.98 Å². The van der Waals surface area contributed by atoms with Crippen LogP contribution in [0.3, 0.4) is 0 Å². The lowest BCUT2D eigenvalue weighted by atomic mass is 10.3. The van der Waals surface area contributed by atoms with Gasteiger partial charge in [-0.05, 0) is 6.92 Å². The van der Waals surface area contributed by atoms with Crippen molar-refractivity contribution in [1.29, 1.82) is 0 Å². The average Bonchev–Trinajstić information content (AvgIpc) is 2.95. The minimum atomic E-state index is 0.718. The summed E-state index contributed by atoms with van der Waals surface area (Å²) < 4.78 is 9.04. The number of imidazole rings is 1. The van der Waals surface area contributed by atoms with Gasteiger partial charge in [-0.15, -0.1) is 0 Å². The number of rotatable bonds is 7. The number of nitrogens with one attached hydrogen (secondary N) is 1. The molecule has 104 valence electrons. The lowest BCUT2D eigenvalue weighted by Gasteiger charge is -2.10. The van der Waals surface area contributed by atoms with E-state index in [9.17, 15) is 0 Å². The van der Waals surface area contributed by atoms with Crippen LogP contribution in [0.4, 0.5) is 0 Å². The van der Waals surface area contributed by atoms with Crippen LogP contribution in [0.15, 0.2) is 18.6 Å². The molecule has 0 saturated heterocycles. The minimum Gasteiger partial charge on any atom is -0.383 e. The fourth-order valence-electron chi connectivity index (χ4n) is 2.00. The molecule has 2 rings (SSSR count). The average molecular weight is 263 g/mol. The fraction of sp³-hybridized carbons (Fsp3) is 0.538. The largest absolute Gasteiger partial charge is 0.383 e. The summed E-state index contributed by atoms with van der Waals surface area (Å²) in [6, 6.07) is 0. The van der Waals surface area contributed by atoms with Gasteiger partial charge in [0.05, 0.1) is 25.0 Å². The highest BCUT2D eigenvalue weighted by molar-refractivity contribution is 5.11. The normalized spacial score (nSPS) is 11.1. The van der Waals surface area contributed by atoms with Crippen LogP contribution in [0.5, 0.6) is 0 Å². The third-order valence-corrected chi connectivity index (χ3v) is 3.03. The van der Waals surface area contributed by atoms with Crippen molar-refractivity contribution in [2.45, 2.75) is 20.0 Å². The van der Waals surface area contributed by atoms with E-state index in [1.165, 1.54) is 11.3 Å². The van der Waals surface area contributed by atoms with Gasteiger partial charge >= 0.3 is 0 Å². The Morgan fingerprint density at radius 3 is 2.89 bits per heavy atom. The maximum absolute atomic E-state index is 5.02. The SMILES string of the molecule is COCCNCc1cnc(C)n1Cc1cnn(C)c1. The van der Waals surface area contributed by atoms with Crippen molar-refractivity contribution in [2.24, 2.45) is 7.05 Å². The van der Waals surface area contributed by atoms with Crippen LogP contribution >= 0.6 is 0 Å². The van der Waals surface area contributed by atoms with E-state index in [1.807, 2.05) is 37.2 Å². The van der Waals surface area contributed by atoms with E-state index in [0.29, 0.717) is 0 Å². The second-order valence-electron chi connectivity index (χ2n) is 4.57. The third kappa shape index (κ3) is 3.65. The van der Waals surface area contributed by atoms with Crippen LogP contribution in [-0.2, 0) is 24.9 Å². The monoisotopic (exact) mass is 263 g/mol. The van der Waals surface area contributed by atoms with Crippen molar-refractivity contribution in [1.82, 2.24) is 24.6 Å². The quantitative estimate of drug-likeness (QED) is 0.748. The summed E-state index contributed by atoms with van der Waals surface area (Å²) in [6.45, 7) is 5.18. The van der Waals surface area contributed by atoms with Crippen LogP contribution in [0.2, 0.25) is 0 Å². The predicted molar refractivity (Wildman–Crippen MR) is 72.9 cm³/mol. The van der Waals surface area contributed by atoms with Gasteiger partial charge in [0, 0.05) is 45.2 Å². The zero-order valence-corrected chi connectivity index (χ0v) is 11.8. The Labute approximate surface area is 113 Å². The summed E-state index contributed by atoms with van der Waals surface area (Å²) in [4.78, 5) is 4.38. The first-order chi connectivity index (χ1) is 9.20. The van der Waals surface area contributed by atoms with Crippen LogP contribution < -0.4 is 5.32 Å². The van der Waals surface area contributed by atoms with Gasteiger partial charge in [-0.1, -0.05) is 0 Å². The number of hydrogen-bond donors (Lipinski definition) is 1. The third-order valence-electron chi connectivity index (χ3n) is 3.03. The van der Waals surface area contributed by atoms with E-state index in [-0.39, 0.29) is 0 Å².